The smallest absolute Gasteiger partial charge is 0.227 e. The van der Waals surface area contributed by atoms with Crippen molar-refractivity contribution >= 4 is 11.8 Å². The van der Waals surface area contributed by atoms with E-state index in [1.807, 2.05) is 59.8 Å². The highest BCUT2D eigenvalue weighted by Gasteiger charge is 2.45. The van der Waals surface area contributed by atoms with E-state index in [-0.39, 0.29) is 35.6 Å². The van der Waals surface area contributed by atoms with E-state index in [0.29, 0.717) is 19.3 Å². The Balaban J connectivity index is 2.09. The molecule has 0 spiro atoms. The number of phenols is 1. The molecule has 0 bridgehead atoms. The molecule has 7 nitrogen and oxygen atoms in total. The van der Waals surface area contributed by atoms with Gasteiger partial charge in [0.25, 0.3) is 0 Å². The Hall–Kier alpha value is -2.38. The molecule has 2 amide bonds. The second-order valence-electron chi connectivity index (χ2n) is 10.4. The van der Waals surface area contributed by atoms with E-state index in [9.17, 15) is 19.9 Å². The Kier molecular flexibility index (Phi) is 8.12. The van der Waals surface area contributed by atoms with Gasteiger partial charge in [-0.3, -0.25) is 9.59 Å². The number of phenolic OH excluding ortho intramolecular Hbond substituents is 1. The summed E-state index contributed by atoms with van der Waals surface area (Å²) >= 11 is 0. The van der Waals surface area contributed by atoms with Gasteiger partial charge < -0.3 is 20.9 Å². The molecule has 1 aromatic carbocycles. The fraction of sp³-hybridized carbons (Fsp3) is 0.600. The van der Waals surface area contributed by atoms with Crippen molar-refractivity contribution in [2.45, 2.75) is 90.9 Å². The molecule has 0 unspecified atom stereocenters. The fourth-order valence-electron chi connectivity index (χ4n) is 4.67. The van der Waals surface area contributed by atoms with Gasteiger partial charge in [0, 0.05) is 24.0 Å². The van der Waals surface area contributed by atoms with Crippen LogP contribution in [0.3, 0.4) is 0 Å². The minimum Gasteiger partial charge on any atom is -0.508 e. The van der Waals surface area contributed by atoms with Gasteiger partial charge in [-0.25, -0.2) is 0 Å². The van der Waals surface area contributed by atoms with Crippen molar-refractivity contribution in [3.05, 3.63) is 41.5 Å². The maximum absolute atomic E-state index is 13.0. The molecule has 0 radical (unpaired) electrons. The second kappa shape index (κ2) is 10.0. The van der Waals surface area contributed by atoms with Gasteiger partial charge >= 0.3 is 0 Å². The van der Waals surface area contributed by atoms with Gasteiger partial charge in [0.15, 0.2) is 0 Å². The van der Waals surface area contributed by atoms with Gasteiger partial charge in [-0.1, -0.05) is 23.8 Å². The molecule has 4 N–H and O–H groups in total. The van der Waals surface area contributed by atoms with Crippen LogP contribution >= 0.6 is 0 Å². The first kappa shape index (κ1) is 25.9. The summed E-state index contributed by atoms with van der Waals surface area (Å²) in [7, 11) is 0. The minimum atomic E-state index is -0.436. The number of hydroxylamine groups is 2. The molecule has 1 fully saturated rings. The molecule has 178 valence electrons. The standard InChI is InChI=1S/C25H39N3O4/c1-16(12-20(26-18(3)29)13-19-8-10-22(30)11-9-19)17(2)23(31)27-21-14-24(4,5)28(32)25(6,7)15-21/h8-12,17,20-21,30,32H,13-15H2,1-7H3,(H,26,29)(H,27,31)/b16-12+/t17-,20+/m0/s1. The molecule has 1 aliphatic heterocycles. The molecule has 0 aromatic heterocycles. The number of hydrogen-bond acceptors (Lipinski definition) is 5. The molecule has 7 heteroatoms. The number of carbonyl (C=O) groups is 2. The molecular formula is C25H39N3O4. The van der Waals surface area contributed by atoms with Crippen molar-refractivity contribution in [1.82, 2.24) is 15.7 Å². The van der Waals surface area contributed by atoms with E-state index < -0.39 is 11.1 Å². The second-order valence-corrected chi connectivity index (χ2v) is 10.4. The maximum Gasteiger partial charge on any atom is 0.227 e. The van der Waals surface area contributed by atoms with Crippen molar-refractivity contribution in [3.63, 3.8) is 0 Å². The Bertz CT molecular complexity index is 827. The number of nitrogens with one attached hydrogen (secondary N) is 2. The van der Waals surface area contributed by atoms with Crippen LogP contribution in [0.5, 0.6) is 5.75 Å². The first-order chi connectivity index (χ1) is 14.7. The highest BCUT2D eigenvalue weighted by molar-refractivity contribution is 5.81. The minimum absolute atomic E-state index is 0.0331. The Morgan fingerprint density at radius 1 is 1.12 bits per heavy atom. The molecule has 0 saturated carbocycles. The summed E-state index contributed by atoms with van der Waals surface area (Å²) in [5.41, 5.74) is 0.976. The molecule has 1 aromatic rings. The first-order valence-electron chi connectivity index (χ1n) is 11.2. The van der Waals surface area contributed by atoms with Gasteiger partial charge in [-0.2, -0.15) is 5.06 Å². The normalized spacial score (nSPS) is 20.9. The average molecular weight is 446 g/mol. The lowest BCUT2D eigenvalue weighted by molar-refractivity contribution is -0.246. The lowest BCUT2D eigenvalue weighted by Crippen LogP contribution is -2.63. The summed E-state index contributed by atoms with van der Waals surface area (Å²) in [6.45, 7) is 13.1. The van der Waals surface area contributed by atoms with Crippen molar-refractivity contribution in [1.29, 1.82) is 0 Å². The topological polar surface area (TPSA) is 102 Å². The van der Waals surface area contributed by atoms with Crippen LogP contribution in [-0.4, -0.2) is 50.4 Å². The van der Waals surface area contributed by atoms with Crippen molar-refractivity contribution < 1.29 is 19.9 Å². The number of piperidine rings is 1. The fourth-order valence-corrected chi connectivity index (χ4v) is 4.67. The van der Waals surface area contributed by atoms with E-state index in [4.69, 9.17) is 0 Å². The number of amides is 2. The number of carbonyl (C=O) groups excluding carboxylic acids is 2. The summed E-state index contributed by atoms with van der Waals surface area (Å²) < 4.78 is 0. The van der Waals surface area contributed by atoms with Crippen LogP contribution in [0.4, 0.5) is 0 Å². The van der Waals surface area contributed by atoms with Gasteiger partial charge in [0.05, 0.1) is 12.0 Å². The maximum atomic E-state index is 13.0. The van der Waals surface area contributed by atoms with Crippen LogP contribution in [0.1, 0.15) is 66.9 Å². The predicted octanol–water partition coefficient (Wildman–Crippen LogP) is 3.55. The number of benzene rings is 1. The molecule has 1 saturated heterocycles. The molecule has 0 aliphatic carbocycles. The van der Waals surface area contributed by atoms with E-state index in [2.05, 4.69) is 10.6 Å². The highest BCUT2D eigenvalue weighted by atomic mass is 16.5. The Morgan fingerprint density at radius 2 is 1.66 bits per heavy atom. The third kappa shape index (κ3) is 6.81. The van der Waals surface area contributed by atoms with E-state index in [1.165, 1.54) is 12.0 Å². The Morgan fingerprint density at radius 3 is 2.16 bits per heavy atom. The van der Waals surface area contributed by atoms with Crippen LogP contribution in [0.15, 0.2) is 35.9 Å². The third-order valence-electron chi connectivity index (χ3n) is 6.31. The van der Waals surface area contributed by atoms with E-state index in [1.54, 1.807) is 12.1 Å². The van der Waals surface area contributed by atoms with Gasteiger partial charge in [-0.05, 0) is 78.5 Å². The quantitative estimate of drug-likeness (QED) is 0.481. The first-order valence-corrected chi connectivity index (χ1v) is 11.2. The molecule has 1 heterocycles. The largest absolute Gasteiger partial charge is 0.508 e. The lowest BCUT2D eigenvalue weighted by atomic mass is 9.78. The van der Waals surface area contributed by atoms with Crippen LogP contribution < -0.4 is 10.6 Å². The van der Waals surface area contributed by atoms with Gasteiger partial charge in [0.2, 0.25) is 11.8 Å². The van der Waals surface area contributed by atoms with Gasteiger partial charge in [-0.15, -0.1) is 0 Å². The van der Waals surface area contributed by atoms with Crippen molar-refractivity contribution in [2.75, 3.05) is 0 Å². The lowest BCUT2D eigenvalue weighted by Gasteiger charge is -2.51. The van der Waals surface area contributed by atoms with Gasteiger partial charge in [0.1, 0.15) is 5.75 Å². The summed E-state index contributed by atoms with van der Waals surface area (Å²) in [5.74, 6) is -0.368. The van der Waals surface area contributed by atoms with Crippen LogP contribution in [0.25, 0.3) is 0 Å². The number of aromatic hydroxyl groups is 1. The van der Waals surface area contributed by atoms with Crippen molar-refractivity contribution in [3.8, 4) is 5.75 Å². The zero-order valence-electron chi connectivity index (χ0n) is 20.4. The molecule has 32 heavy (non-hydrogen) atoms. The SMILES string of the molecule is CC(=O)N[C@H](/C=C(\C)[C@H](C)C(=O)NC1CC(C)(C)N(O)C(C)(C)C1)Cc1ccc(O)cc1. The zero-order valence-corrected chi connectivity index (χ0v) is 20.4. The molecule has 1 aliphatic rings. The molecule has 2 rings (SSSR count). The van der Waals surface area contributed by atoms with Crippen molar-refractivity contribution in [2.24, 2.45) is 5.92 Å². The van der Waals surface area contributed by atoms with Crippen LogP contribution in [0, 0.1) is 5.92 Å². The highest BCUT2D eigenvalue weighted by Crippen LogP contribution is 2.36. The van der Waals surface area contributed by atoms with Crippen LogP contribution in [-0.2, 0) is 16.0 Å². The number of hydrogen-bond donors (Lipinski definition) is 4. The summed E-state index contributed by atoms with van der Waals surface area (Å²) in [5, 5.41) is 27.5. The van der Waals surface area contributed by atoms with Crippen LogP contribution in [0.2, 0.25) is 0 Å². The zero-order chi connectivity index (χ0) is 24.3. The monoisotopic (exact) mass is 445 g/mol. The van der Waals surface area contributed by atoms with E-state index >= 15 is 0 Å². The van der Waals surface area contributed by atoms with E-state index in [0.717, 1.165) is 11.1 Å². The average Bonchev–Trinajstić information content (AvgIpc) is 2.66. The summed E-state index contributed by atoms with van der Waals surface area (Å²) in [4.78, 5) is 24.7. The molecular weight excluding hydrogens is 406 g/mol. The Labute approximate surface area is 191 Å². The summed E-state index contributed by atoms with van der Waals surface area (Å²) in [6.07, 6.45) is 3.80. The predicted molar refractivity (Wildman–Crippen MR) is 125 cm³/mol. The number of nitrogens with zero attached hydrogens (tertiary/aromatic N) is 1. The summed E-state index contributed by atoms with van der Waals surface area (Å²) in [6, 6.07) is 6.58. The number of rotatable bonds is 7. The molecule has 2 atom stereocenters. The third-order valence-corrected chi connectivity index (χ3v) is 6.31.